The van der Waals surface area contributed by atoms with Crippen molar-refractivity contribution in [3.8, 4) is 0 Å². The second-order valence-electron chi connectivity index (χ2n) is 14.1. The van der Waals surface area contributed by atoms with Crippen molar-refractivity contribution in [1.29, 1.82) is 0 Å². The van der Waals surface area contributed by atoms with E-state index in [1.54, 1.807) is 0 Å². The van der Waals surface area contributed by atoms with Gasteiger partial charge in [0.15, 0.2) is 9.84 Å². The fourth-order valence-corrected chi connectivity index (χ4v) is 9.62. The first-order chi connectivity index (χ1) is 24.1. The standard InChI is InChI=1S/C37H37F9O5S/c1-33(2)21-24(16-19-50-33)32(47)20-23-14-17-34(18-15-23,52(48,49)28-12-10-27(38)11-13-28)25-6-8-26(9-7-25)35(36(41,42)43,37(44,45)46)51-22-29-30(39)4-3-5-31(29)40/h3-13,23-24H,14-22H2,1-2H3. The van der Waals surface area contributed by atoms with E-state index in [0.717, 1.165) is 42.5 Å². The molecule has 0 aromatic heterocycles. The lowest BCUT2D eigenvalue weighted by atomic mass is 9.74. The van der Waals surface area contributed by atoms with Gasteiger partial charge in [0.1, 0.15) is 28.0 Å². The van der Waals surface area contributed by atoms with Gasteiger partial charge in [-0.1, -0.05) is 30.3 Å². The molecule has 1 unspecified atom stereocenters. The molecule has 3 aromatic carbocycles. The molecule has 0 N–H and O–H groups in total. The van der Waals surface area contributed by atoms with Gasteiger partial charge in [0.2, 0.25) is 0 Å². The third-order valence-electron chi connectivity index (χ3n) is 10.3. The summed E-state index contributed by atoms with van der Waals surface area (Å²) in [5.41, 5.74) is -8.33. The number of ketones is 1. The summed E-state index contributed by atoms with van der Waals surface area (Å²) >= 11 is 0. The molecule has 0 bridgehead atoms. The molecule has 1 saturated carbocycles. The highest BCUT2D eigenvalue weighted by Gasteiger charge is 2.73. The van der Waals surface area contributed by atoms with Crippen molar-refractivity contribution in [3.05, 3.63) is 101 Å². The lowest BCUT2D eigenvalue weighted by Crippen LogP contribution is -2.56. The summed E-state index contributed by atoms with van der Waals surface area (Å²) < 4.78 is 167. The van der Waals surface area contributed by atoms with Crippen molar-refractivity contribution >= 4 is 15.6 Å². The van der Waals surface area contributed by atoms with Gasteiger partial charge in [-0.3, -0.25) is 4.79 Å². The van der Waals surface area contributed by atoms with Crippen LogP contribution in [0.25, 0.3) is 0 Å². The highest BCUT2D eigenvalue weighted by atomic mass is 32.2. The monoisotopic (exact) mass is 764 g/mol. The van der Waals surface area contributed by atoms with Gasteiger partial charge in [-0.15, -0.1) is 0 Å². The minimum absolute atomic E-state index is 0.00512. The summed E-state index contributed by atoms with van der Waals surface area (Å²) in [4.78, 5) is 13.0. The molecule has 0 radical (unpaired) electrons. The van der Waals surface area contributed by atoms with E-state index in [1.165, 1.54) is 0 Å². The first kappa shape index (κ1) is 39.8. The van der Waals surface area contributed by atoms with Gasteiger partial charge in [-0.25, -0.2) is 21.6 Å². The summed E-state index contributed by atoms with van der Waals surface area (Å²) in [5.74, 6) is -4.06. The summed E-state index contributed by atoms with van der Waals surface area (Å²) in [7, 11) is -4.47. The Balaban J connectivity index is 1.51. The molecule has 0 amide bonds. The second-order valence-corrected chi connectivity index (χ2v) is 16.4. The molecule has 15 heteroatoms. The predicted molar refractivity (Wildman–Crippen MR) is 171 cm³/mol. The SMILES string of the molecule is CC1(C)CC(C(=O)CC2CCC(c3ccc(C(OCc4c(F)cccc4F)(C(F)(F)F)C(F)(F)F)cc3)(S(=O)(=O)c3ccc(F)cc3)CC2)CCO1. The Morgan fingerprint density at radius 3 is 1.90 bits per heavy atom. The van der Waals surface area contributed by atoms with E-state index >= 15 is 0 Å². The zero-order valence-electron chi connectivity index (χ0n) is 28.2. The van der Waals surface area contributed by atoms with Gasteiger partial charge >= 0.3 is 12.4 Å². The maximum atomic E-state index is 14.6. The molecule has 5 rings (SSSR count). The first-order valence-corrected chi connectivity index (χ1v) is 18.1. The van der Waals surface area contributed by atoms with Crippen molar-refractivity contribution in [2.75, 3.05) is 6.61 Å². The predicted octanol–water partition coefficient (Wildman–Crippen LogP) is 9.66. The number of sulfone groups is 1. The molecule has 1 heterocycles. The van der Waals surface area contributed by atoms with Crippen molar-refractivity contribution < 1.29 is 62.2 Å². The number of hydrogen-bond acceptors (Lipinski definition) is 5. The molecule has 1 aliphatic heterocycles. The normalized spacial score (nSPS) is 23.0. The average molecular weight is 765 g/mol. The van der Waals surface area contributed by atoms with E-state index in [9.17, 15) is 52.7 Å². The molecule has 2 fully saturated rings. The summed E-state index contributed by atoms with van der Waals surface area (Å²) in [6.45, 7) is 2.44. The number of alkyl halides is 6. The van der Waals surface area contributed by atoms with Crippen LogP contribution in [0.15, 0.2) is 71.6 Å². The van der Waals surface area contributed by atoms with E-state index in [1.807, 2.05) is 13.8 Å². The molecule has 52 heavy (non-hydrogen) atoms. The zero-order valence-corrected chi connectivity index (χ0v) is 29.0. The number of carbonyl (C=O) groups is 1. The van der Waals surface area contributed by atoms with Gasteiger partial charge in [-0.2, -0.15) is 26.3 Å². The minimum Gasteiger partial charge on any atom is -0.376 e. The van der Waals surface area contributed by atoms with Crippen LogP contribution in [0.2, 0.25) is 0 Å². The Morgan fingerprint density at radius 2 is 1.38 bits per heavy atom. The fraction of sp³-hybridized carbons (Fsp3) is 0.486. The van der Waals surface area contributed by atoms with E-state index in [0.29, 0.717) is 43.7 Å². The maximum Gasteiger partial charge on any atom is 0.430 e. The van der Waals surface area contributed by atoms with E-state index in [2.05, 4.69) is 4.74 Å². The van der Waals surface area contributed by atoms with Gasteiger partial charge in [0.05, 0.1) is 17.1 Å². The Bertz CT molecular complexity index is 1810. The first-order valence-electron chi connectivity index (χ1n) is 16.6. The second kappa shape index (κ2) is 14.4. The smallest absolute Gasteiger partial charge is 0.376 e. The molecule has 0 spiro atoms. The summed E-state index contributed by atoms with van der Waals surface area (Å²) in [6, 6.07) is 8.62. The Labute approximate surface area is 295 Å². The highest BCUT2D eigenvalue weighted by molar-refractivity contribution is 7.92. The minimum atomic E-state index is -6.20. The Kier molecular flexibility index (Phi) is 11.0. The van der Waals surface area contributed by atoms with Crippen LogP contribution in [0.1, 0.15) is 75.5 Å². The molecule has 284 valence electrons. The Morgan fingerprint density at radius 1 is 0.827 bits per heavy atom. The number of rotatable bonds is 10. The zero-order chi connectivity index (χ0) is 38.3. The lowest BCUT2D eigenvalue weighted by Gasteiger charge is -2.41. The fourth-order valence-electron chi connectivity index (χ4n) is 7.45. The lowest BCUT2D eigenvalue weighted by molar-refractivity contribution is -0.392. The average Bonchev–Trinajstić information content (AvgIpc) is 3.05. The van der Waals surface area contributed by atoms with E-state index in [-0.39, 0.29) is 60.2 Å². The van der Waals surface area contributed by atoms with Crippen molar-refractivity contribution in [2.45, 2.75) is 98.6 Å². The van der Waals surface area contributed by atoms with Gasteiger partial charge < -0.3 is 9.47 Å². The van der Waals surface area contributed by atoms with Crippen LogP contribution in [-0.2, 0) is 41.1 Å². The van der Waals surface area contributed by atoms with Gasteiger partial charge in [-0.05, 0) is 100 Å². The molecule has 3 aromatic rings. The third-order valence-corrected chi connectivity index (χ3v) is 12.9. The van der Waals surface area contributed by atoms with E-state index < -0.39 is 73.3 Å². The van der Waals surface area contributed by atoms with Crippen LogP contribution in [0.4, 0.5) is 39.5 Å². The molecular formula is C37H37F9O5S. The van der Waals surface area contributed by atoms with Crippen LogP contribution in [0.5, 0.6) is 0 Å². The van der Waals surface area contributed by atoms with Crippen LogP contribution in [0.3, 0.4) is 0 Å². The molecule has 1 atom stereocenters. The van der Waals surface area contributed by atoms with Crippen LogP contribution in [-0.4, -0.2) is 38.8 Å². The van der Waals surface area contributed by atoms with Gasteiger partial charge in [0, 0.05) is 30.1 Å². The molecule has 2 aliphatic rings. The van der Waals surface area contributed by atoms with Crippen molar-refractivity contribution in [1.82, 2.24) is 0 Å². The third kappa shape index (κ3) is 7.50. The number of carbonyl (C=O) groups excluding carboxylic acids is 1. The number of Topliss-reactive ketones (excluding diaryl/α,β-unsaturated/α-hetero) is 1. The molecular weight excluding hydrogens is 727 g/mol. The Hall–Kier alpha value is -3.43. The van der Waals surface area contributed by atoms with Crippen LogP contribution in [0, 0.1) is 29.3 Å². The van der Waals surface area contributed by atoms with Crippen LogP contribution < -0.4 is 0 Å². The molecule has 5 nitrogen and oxygen atoms in total. The van der Waals surface area contributed by atoms with E-state index in [4.69, 9.17) is 4.74 Å². The number of benzene rings is 3. The summed E-state index contributed by atoms with van der Waals surface area (Å²) in [6.07, 6.45) is -11.1. The largest absolute Gasteiger partial charge is 0.430 e. The highest BCUT2D eigenvalue weighted by Crippen LogP contribution is 2.55. The quantitative estimate of drug-likeness (QED) is 0.152. The van der Waals surface area contributed by atoms with Gasteiger partial charge in [0.25, 0.3) is 5.60 Å². The number of halogens is 9. The summed E-state index contributed by atoms with van der Waals surface area (Å²) in [5, 5.41) is 0. The van der Waals surface area contributed by atoms with Crippen molar-refractivity contribution in [3.63, 3.8) is 0 Å². The van der Waals surface area contributed by atoms with Crippen molar-refractivity contribution in [2.24, 2.45) is 11.8 Å². The molecule has 1 aliphatic carbocycles. The maximum absolute atomic E-state index is 14.6. The topological polar surface area (TPSA) is 69.7 Å². The molecule has 1 saturated heterocycles. The number of ether oxygens (including phenoxy) is 2. The number of hydrogen-bond donors (Lipinski definition) is 0. The van der Waals surface area contributed by atoms with Crippen LogP contribution >= 0.6 is 0 Å².